The molecular formula is C29H32F2N4O3. The maximum atomic E-state index is 13.7. The minimum absolute atomic E-state index is 0.125. The first-order chi connectivity index (χ1) is 18.0. The number of carbonyl (C=O) groups is 2. The highest BCUT2D eigenvalue weighted by Crippen LogP contribution is 2.37. The van der Waals surface area contributed by atoms with Crippen LogP contribution in [0, 0.1) is 24.2 Å². The molecule has 3 heterocycles. The van der Waals surface area contributed by atoms with Gasteiger partial charge in [-0.3, -0.25) is 9.59 Å². The molecule has 1 aliphatic rings. The van der Waals surface area contributed by atoms with Crippen molar-refractivity contribution < 1.29 is 23.1 Å². The van der Waals surface area contributed by atoms with Crippen molar-refractivity contribution >= 4 is 22.7 Å². The van der Waals surface area contributed by atoms with E-state index in [9.17, 15) is 23.6 Å². The number of methoxy groups -OCH3 is 1. The summed E-state index contributed by atoms with van der Waals surface area (Å²) in [6.07, 6.45) is 5.23. The van der Waals surface area contributed by atoms with Gasteiger partial charge in [0.05, 0.1) is 18.6 Å². The number of pyridine rings is 1. The summed E-state index contributed by atoms with van der Waals surface area (Å²) in [5.41, 5.74) is 4.40. The number of nitrogens with zero attached hydrogens (tertiary/aromatic N) is 4. The van der Waals surface area contributed by atoms with Gasteiger partial charge in [0, 0.05) is 56.8 Å². The highest BCUT2D eigenvalue weighted by molar-refractivity contribution is 5.99. The molecule has 3 aromatic rings. The lowest BCUT2D eigenvalue weighted by Crippen LogP contribution is -2.45. The third-order valence-electron chi connectivity index (χ3n) is 7.75. The number of aryl methyl sites for hydroxylation is 2. The van der Waals surface area contributed by atoms with E-state index in [1.807, 2.05) is 24.7 Å². The van der Waals surface area contributed by atoms with Crippen LogP contribution in [0.25, 0.3) is 11.0 Å². The van der Waals surface area contributed by atoms with Gasteiger partial charge in [-0.2, -0.15) is 5.26 Å². The first-order valence-corrected chi connectivity index (χ1v) is 12.7. The zero-order valence-electron chi connectivity index (χ0n) is 22.3. The monoisotopic (exact) mass is 522 g/mol. The van der Waals surface area contributed by atoms with E-state index in [1.165, 1.54) is 14.0 Å². The summed E-state index contributed by atoms with van der Waals surface area (Å²) >= 11 is 0. The highest BCUT2D eigenvalue weighted by Gasteiger charge is 2.39. The fourth-order valence-electron chi connectivity index (χ4n) is 5.21. The summed E-state index contributed by atoms with van der Waals surface area (Å²) in [4.78, 5) is 31.9. The number of hydrogen-bond donors (Lipinski definition) is 0. The van der Waals surface area contributed by atoms with Crippen LogP contribution in [-0.2, 0) is 18.3 Å². The number of hydrogen-bond acceptors (Lipinski definition) is 5. The van der Waals surface area contributed by atoms with Crippen molar-refractivity contribution in [3.05, 3.63) is 58.4 Å². The maximum Gasteiger partial charge on any atom is 0.256 e. The number of rotatable bonds is 7. The molecule has 2 aromatic heterocycles. The Morgan fingerprint density at radius 3 is 2.58 bits per heavy atom. The molecule has 1 aromatic carbocycles. The third kappa shape index (κ3) is 5.13. The van der Waals surface area contributed by atoms with Crippen molar-refractivity contribution in [3.8, 4) is 11.8 Å². The van der Waals surface area contributed by atoms with E-state index in [-0.39, 0.29) is 18.1 Å². The van der Waals surface area contributed by atoms with Crippen molar-refractivity contribution in [1.82, 2.24) is 14.5 Å². The number of piperidine rings is 1. The molecule has 38 heavy (non-hydrogen) atoms. The normalized spacial score (nSPS) is 15.4. The van der Waals surface area contributed by atoms with Gasteiger partial charge in [0.2, 0.25) is 5.91 Å². The number of amides is 1. The Labute approximate surface area is 221 Å². The molecule has 0 unspecified atom stereocenters. The first-order valence-electron chi connectivity index (χ1n) is 12.7. The van der Waals surface area contributed by atoms with Crippen LogP contribution in [-0.4, -0.2) is 52.3 Å². The van der Waals surface area contributed by atoms with Crippen molar-refractivity contribution in [3.63, 3.8) is 0 Å². The van der Waals surface area contributed by atoms with E-state index in [2.05, 4.69) is 11.1 Å². The molecule has 9 heteroatoms. The van der Waals surface area contributed by atoms with Gasteiger partial charge < -0.3 is 14.2 Å². The number of ketones is 1. The van der Waals surface area contributed by atoms with E-state index < -0.39 is 17.7 Å². The van der Waals surface area contributed by atoms with Crippen LogP contribution in [0.15, 0.2) is 30.6 Å². The van der Waals surface area contributed by atoms with E-state index in [4.69, 9.17) is 4.74 Å². The minimum Gasteiger partial charge on any atom is -0.495 e. The molecule has 0 radical (unpaired) electrons. The second kappa shape index (κ2) is 10.5. The molecule has 4 rings (SSSR count). The Morgan fingerprint density at radius 2 is 1.97 bits per heavy atom. The number of halogens is 2. The summed E-state index contributed by atoms with van der Waals surface area (Å²) in [5, 5.41) is 10.4. The van der Waals surface area contributed by atoms with Crippen LogP contribution >= 0.6 is 0 Å². The summed E-state index contributed by atoms with van der Waals surface area (Å²) < 4.78 is 34.5. The number of likely N-dealkylation sites (tertiary alicyclic amines) is 1. The molecule has 1 atom stereocenters. The zero-order chi connectivity index (χ0) is 27.8. The van der Waals surface area contributed by atoms with E-state index in [0.29, 0.717) is 42.8 Å². The Morgan fingerprint density at radius 1 is 1.29 bits per heavy atom. The predicted octanol–water partition coefficient (Wildman–Crippen LogP) is 5.18. The standard InChI is InChI=1S/C29H32F2N4O3/c1-17-22(13-24(36)20-6-7-25(38-5)21(12-20)14-32)15-33-27-26(17)23(16-34(27)4)19-8-10-35(11-9-19)28(37)18(2)29(3,30)31/h6-7,12,15-16,18-19H,8-11,13H2,1-5H3/t18-/m0/s1. The number of ether oxygens (including phenoxy) is 1. The van der Waals surface area contributed by atoms with Crippen LogP contribution < -0.4 is 4.74 Å². The molecule has 1 aliphatic heterocycles. The summed E-state index contributed by atoms with van der Waals surface area (Å²) in [6.45, 7) is 4.89. The Balaban J connectivity index is 1.57. The minimum atomic E-state index is -3.05. The molecule has 1 fully saturated rings. The summed E-state index contributed by atoms with van der Waals surface area (Å²) in [5.74, 6) is -4.47. The SMILES string of the molecule is COc1ccc(C(=O)Cc2cnc3c(c(C4CCN(C(=O)[C@H](C)C(C)(F)F)CC4)cn3C)c2C)cc1C#N. The van der Waals surface area contributed by atoms with Crippen LogP contribution in [0.2, 0.25) is 0 Å². The molecule has 7 nitrogen and oxygen atoms in total. The van der Waals surface area contributed by atoms with Gasteiger partial charge in [0.15, 0.2) is 5.78 Å². The fourth-order valence-corrected chi connectivity index (χ4v) is 5.21. The average Bonchev–Trinajstić information content (AvgIpc) is 3.25. The lowest BCUT2D eigenvalue weighted by molar-refractivity contribution is -0.147. The lowest BCUT2D eigenvalue weighted by Gasteiger charge is -2.34. The molecule has 1 amide bonds. The fraction of sp³-hybridized carbons (Fsp3) is 0.448. The van der Waals surface area contributed by atoms with Gasteiger partial charge in [-0.05, 0) is 67.5 Å². The van der Waals surface area contributed by atoms with Gasteiger partial charge >= 0.3 is 0 Å². The molecule has 0 saturated carbocycles. The van der Waals surface area contributed by atoms with Crippen molar-refractivity contribution in [2.75, 3.05) is 20.2 Å². The highest BCUT2D eigenvalue weighted by atomic mass is 19.3. The van der Waals surface area contributed by atoms with E-state index in [1.54, 1.807) is 29.3 Å². The van der Waals surface area contributed by atoms with Gasteiger partial charge in [-0.25, -0.2) is 13.8 Å². The second-order valence-corrected chi connectivity index (χ2v) is 10.2. The van der Waals surface area contributed by atoms with Gasteiger partial charge in [-0.1, -0.05) is 0 Å². The molecule has 0 spiro atoms. The van der Waals surface area contributed by atoms with E-state index in [0.717, 1.165) is 34.6 Å². The maximum absolute atomic E-state index is 13.7. The van der Waals surface area contributed by atoms with Crippen molar-refractivity contribution in [2.24, 2.45) is 13.0 Å². The molecule has 0 N–H and O–H groups in total. The number of alkyl halides is 2. The predicted molar refractivity (Wildman–Crippen MR) is 140 cm³/mol. The molecule has 1 saturated heterocycles. The van der Waals surface area contributed by atoms with Crippen LogP contribution in [0.3, 0.4) is 0 Å². The van der Waals surface area contributed by atoms with Crippen molar-refractivity contribution in [1.29, 1.82) is 5.26 Å². The van der Waals surface area contributed by atoms with Gasteiger partial charge in [0.25, 0.3) is 5.92 Å². The number of Topliss-reactive ketones (excluding diaryl/α,β-unsaturated/α-hetero) is 1. The zero-order valence-corrected chi connectivity index (χ0v) is 22.3. The molecule has 0 aliphatic carbocycles. The van der Waals surface area contributed by atoms with E-state index >= 15 is 0 Å². The number of nitriles is 1. The number of carbonyl (C=O) groups excluding carboxylic acids is 2. The van der Waals surface area contributed by atoms with Gasteiger partial charge in [0.1, 0.15) is 17.5 Å². The van der Waals surface area contributed by atoms with Crippen LogP contribution in [0.4, 0.5) is 8.78 Å². The molecule has 200 valence electrons. The largest absolute Gasteiger partial charge is 0.495 e. The Hall–Kier alpha value is -3.80. The topological polar surface area (TPSA) is 88.2 Å². The third-order valence-corrected chi connectivity index (χ3v) is 7.75. The second-order valence-electron chi connectivity index (χ2n) is 10.2. The summed E-state index contributed by atoms with van der Waals surface area (Å²) in [7, 11) is 3.40. The Bertz CT molecular complexity index is 1430. The van der Waals surface area contributed by atoms with Crippen LogP contribution in [0.1, 0.15) is 65.2 Å². The number of benzene rings is 1. The number of aromatic nitrogens is 2. The summed E-state index contributed by atoms with van der Waals surface area (Å²) in [6, 6.07) is 6.87. The first kappa shape index (κ1) is 27.2. The average molecular weight is 523 g/mol. The smallest absolute Gasteiger partial charge is 0.256 e. The van der Waals surface area contributed by atoms with Crippen LogP contribution in [0.5, 0.6) is 5.75 Å². The Kier molecular flexibility index (Phi) is 7.54. The number of fused-ring (bicyclic) bond motifs is 1. The molecule has 0 bridgehead atoms. The van der Waals surface area contributed by atoms with Gasteiger partial charge in [-0.15, -0.1) is 0 Å². The quantitative estimate of drug-likeness (QED) is 0.399. The van der Waals surface area contributed by atoms with Crippen molar-refractivity contribution in [2.45, 2.75) is 51.9 Å². The lowest BCUT2D eigenvalue weighted by atomic mass is 9.87. The molecular weight excluding hydrogens is 490 g/mol.